The van der Waals surface area contributed by atoms with E-state index in [-0.39, 0.29) is 6.61 Å². The van der Waals surface area contributed by atoms with Gasteiger partial charge in [-0.2, -0.15) is 0 Å². The molecule has 0 aliphatic rings. The zero-order valence-corrected chi connectivity index (χ0v) is 13.9. The third-order valence-corrected chi connectivity index (χ3v) is 4.39. The molecule has 1 aromatic carbocycles. The molecule has 3 rings (SSSR count). The molecule has 2 aromatic heterocycles. The van der Waals surface area contributed by atoms with Gasteiger partial charge < -0.3 is 10.4 Å². The van der Waals surface area contributed by atoms with E-state index in [9.17, 15) is 0 Å². The molecule has 0 saturated carbocycles. The van der Waals surface area contributed by atoms with Gasteiger partial charge in [0.15, 0.2) is 0 Å². The average molecular weight is 326 g/mol. The van der Waals surface area contributed by atoms with Crippen LogP contribution in [0.5, 0.6) is 0 Å². The van der Waals surface area contributed by atoms with Crippen LogP contribution >= 0.6 is 11.3 Å². The van der Waals surface area contributed by atoms with Crippen molar-refractivity contribution in [1.82, 2.24) is 15.0 Å². The summed E-state index contributed by atoms with van der Waals surface area (Å²) in [6, 6.07) is 8.17. The van der Waals surface area contributed by atoms with Crippen LogP contribution in [0.3, 0.4) is 0 Å². The number of nitrogens with one attached hydrogen (secondary N) is 1. The number of aliphatic hydroxyl groups is 1. The molecule has 2 N–H and O–H groups in total. The Kier molecular flexibility index (Phi) is 4.64. The quantitative estimate of drug-likeness (QED) is 0.748. The number of hydrogen-bond donors (Lipinski definition) is 2. The van der Waals surface area contributed by atoms with Crippen molar-refractivity contribution in [3.05, 3.63) is 52.7 Å². The lowest BCUT2D eigenvalue weighted by atomic mass is 10.1. The van der Waals surface area contributed by atoms with Crippen molar-refractivity contribution >= 4 is 23.0 Å². The van der Waals surface area contributed by atoms with Crippen LogP contribution in [0.2, 0.25) is 0 Å². The lowest BCUT2D eigenvalue weighted by molar-refractivity contribution is 0.285. The molecule has 0 unspecified atom stereocenters. The molecule has 2 heterocycles. The van der Waals surface area contributed by atoms with E-state index in [1.54, 1.807) is 12.4 Å². The monoisotopic (exact) mass is 326 g/mol. The summed E-state index contributed by atoms with van der Waals surface area (Å²) >= 11 is 1.43. The highest BCUT2D eigenvalue weighted by atomic mass is 32.1. The average Bonchev–Trinajstić information content (AvgIpc) is 3.03. The van der Waals surface area contributed by atoms with E-state index in [2.05, 4.69) is 52.3 Å². The van der Waals surface area contributed by atoms with Gasteiger partial charge >= 0.3 is 0 Å². The zero-order chi connectivity index (χ0) is 16.2. The minimum Gasteiger partial charge on any atom is -0.391 e. The summed E-state index contributed by atoms with van der Waals surface area (Å²) in [4.78, 5) is 13.9. The molecule has 0 spiro atoms. The summed E-state index contributed by atoms with van der Waals surface area (Å²) in [5.41, 5.74) is 4.21. The molecule has 0 aliphatic heterocycles. The first-order valence-corrected chi connectivity index (χ1v) is 8.26. The van der Waals surface area contributed by atoms with Crippen LogP contribution in [0.15, 0.2) is 36.7 Å². The number of aryl methyl sites for hydroxylation is 2. The van der Waals surface area contributed by atoms with E-state index in [1.807, 2.05) is 6.07 Å². The SMILES string of the molecule is CCc1cc(C)cc(Nc2nccc(-c3ncc(CO)s3)n2)c1. The zero-order valence-electron chi connectivity index (χ0n) is 13.1. The maximum absolute atomic E-state index is 9.15. The fourth-order valence-electron chi connectivity index (χ4n) is 2.30. The maximum atomic E-state index is 9.15. The van der Waals surface area contributed by atoms with Crippen LogP contribution in [0.1, 0.15) is 22.9 Å². The second-order valence-electron chi connectivity index (χ2n) is 5.24. The van der Waals surface area contributed by atoms with Crippen molar-refractivity contribution in [2.75, 3.05) is 5.32 Å². The predicted octanol–water partition coefficient (Wildman–Crippen LogP) is 3.71. The smallest absolute Gasteiger partial charge is 0.227 e. The number of rotatable bonds is 5. The highest BCUT2D eigenvalue weighted by Gasteiger charge is 2.08. The highest BCUT2D eigenvalue weighted by molar-refractivity contribution is 7.14. The largest absolute Gasteiger partial charge is 0.391 e. The van der Waals surface area contributed by atoms with Gasteiger partial charge in [-0.15, -0.1) is 11.3 Å². The topological polar surface area (TPSA) is 70.9 Å². The van der Waals surface area contributed by atoms with E-state index >= 15 is 0 Å². The Labute approximate surface area is 139 Å². The van der Waals surface area contributed by atoms with Crippen LogP contribution < -0.4 is 5.32 Å². The molecule has 0 aliphatic carbocycles. The number of aromatic nitrogens is 3. The fraction of sp³-hybridized carbons (Fsp3) is 0.235. The Bertz CT molecular complexity index is 816. The van der Waals surface area contributed by atoms with Gasteiger partial charge in [-0.1, -0.05) is 13.0 Å². The molecule has 3 aromatic rings. The van der Waals surface area contributed by atoms with Crippen molar-refractivity contribution < 1.29 is 5.11 Å². The molecule has 0 radical (unpaired) electrons. The van der Waals surface area contributed by atoms with Gasteiger partial charge in [-0.25, -0.2) is 15.0 Å². The van der Waals surface area contributed by atoms with E-state index in [0.717, 1.165) is 27.7 Å². The van der Waals surface area contributed by atoms with Gasteiger partial charge in [-0.05, 0) is 42.7 Å². The number of nitrogens with zero attached hydrogens (tertiary/aromatic N) is 3. The summed E-state index contributed by atoms with van der Waals surface area (Å²) in [6.07, 6.45) is 4.37. The van der Waals surface area contributed by atoms with Crippen LogP contribution in [0.25, 0.3) is 10.7 Å². The highest BCUT2D eigenvalue weighted by Crippen LogP contribution is 2.25. The Morgan fingerprint density at radius 1 is 1.22 bits per heavy atom. The Morgan fingerprint density at radius 3 is 2.83 bits per heavy atom. The van der Waals surface area contributed by atoms with Crippen molar-refractivity contribution in [3.8, 4) is 10.7 Å². The Morgan fingerprint density at radius 2 is 2.09 bits per heavy atom. The molecule has 0 amide bonds. The van der Waals surface area contributed by atoms with E-state index in [1.165, 1.54) is 22.5 Å². The van der Waals surface area contributed by atoms with Gasteiger partial charge in [0.05, 0.1) is 11.5 Å². The third-order valence-electron chi connectivity index (χ3n) is 3.39. The predicted molar refractivity (Wildman–Crippen MR) is 92.9 cm³/mol. The first kappa shape index (κ1) is 15.6. The first-order chi connectivity index (χ1) is 11.2. The molecule has 0 fully saturated rings. The molecule has 6 heteroatoms. The lowest BCUT2D eigenvalue weighted by Gasteiger charge is -2.08. The van der Waals surface area contributed by atoms with Crippen LogP contribution in [0, 0.1) is 6.92 Å². The van der Waals surface area contributed by atoms with Crippen LogP contribution in [-0.4, -0.2) is 20.1 Å². The van der Waals surface area contributed by atoms with Crippen LogP contribution in [0.4, 0.5) is 11.6 Å². The normalized spacial score (nSPS) is 10.7. The van der Waals surface area contributed by atoms with Crippen LogP contribution in [-0.2, 0) is 13.0 Å². The fourth-order valence-corrected chi connectivity index (χ4v) is 3.05. The summed E-state index contributed by atoms with van der Waals surface area (Å²) in [6.45, 7) is 4.21. The summed E-state index contributed by atoms with van der Waals surface area (Å²) in [5.74, 6) is 0.538. The number of hydrogen-bond acceptors (Lipinski definition) is 6. The van der Waals surface area contributed by atoms with Gasteiger partial charge in [0.1, 0.15) is 10.7 Å². The van der Waals surface area contributed by atoms with Crippen molar-refractivity contribution in [2.45, 2.75) is 26.9 Å². The summed E-state index contributed by atoms with van der Waals surface area (Å²) in [5, 5.41) is 13.2. The maximum Gasteiger partial charge on any atom is 0.227 e. The van der Waals surface area contributed by atoms with E-state index in [0.29, 0.717) is 5.95 Å². The van der Waals surface area contributed by atoms with E-state index < -0.39 is 0 Å². The molecular formula is C17H18N4OS. The lowest BCUT2D eigenvalue weighted by Crippen LogP contribution is -1.99. The summed E-state index contributed by atoms with van der Waals surface area (Å²) in [7, 11) is 0. The van der Waals surface area contributed by atoms with Gasteiger partial charge in [0, 0.05) is 18.1 Å². The molecule has 0 saturated heterocycles. The van der Waals surface area contributed by atoms with Gasteiger partial charge in [-0.3, -0.25) is 0 Å². The third kappa shape index (κ3) is 3.72. The molecule has 23 heavy (non-hydrogen) atoms. The minimum atomic E-state index is -0.00303. The Hall–Kier alpha value is -2.31. The van der Waals surface area contributed by atoms with E-state index in [4.69, 9.17) is 5.11 Å². The number of benzene rings is 1. The van der Waals surface area contributed by atoms with Gasteiger partial charge in [0.2, 0.25) is 5.95 Å². The Balaban J connectivity index is 1.86. The number of anilines is 2. The molecule has 0 bridgehead atoms. The first-order valence-electron chi connectivity index (χ1n) is 7.44. The second-order valence-corrected chi connectivity index (χ2v) is 6.36. The minimum absolute atomic E-state index is 0.00303. The summed E-state index contributed by atoms with van der Waals surface area (Å²) < 4.78 is 0. The molecule has 5 nitrogen and oxygen atoms in total. The second kappa shape index (κ2) is 6.85. The van der Waals surface area contributed by atoms with Crippen molar-refractivity contribution in [2.24, 2.45) is 0 Å². The number of thiazole rings is 1. The molecular weight excluding hydrogens is 308 g/mol. The standard InChI is InChI=1S/C17H18N4OS/c1-3-12-6-11(2)7-13(8-12)20-17-18-5-4-15(21-17)16-19-9-14(10-22)23-16/h4-9,22H,3,10H2,1-2H3,(H,18,20,21). The van der Waals surface area contributed by atoms with Crippen molar-refractivity contribution in [1.29, 1.82) is 0 Å². The van der Waals surface area contributed by atoms with Crippen molar-refractivity contribution in [3.63, 3.8) is 0 Å². The molecule has 118 valence electrons. The molecule has 0 atom stereocenters. The van der Waals surface area contributed by atoms with Gasteiger partial charge in [0.25, 0.3) is 0 Å². The number of aliphatic hydroxyl groups excluding tert-OH is 1.